The number of phenolic OH excluding ortho intramolecular Hbond substituents is 1. The summed E-state index contributed by atoms with van der Waals surface area (Å²) >= 11 is 0. The van der Waals surface area contributed by atoms with Gasteiger partial charge in [0.2, 0.25) is 17.7 Å². The molecule has 3 aliphatic heterocycles. The monoisotopic (exact) mass is 961 g/mol. The van der Waals surface area contributed by atoms with E-state index in [1.807, 2.05) is 58.0 Å². The standard InChI is InChI=1S/C54H72N8O8/c1-11-61-45-19-18-36-29-41(45)42(49(61)40-15-12-21-55-47(40)34(4)69-10)30-54(5,6)32-70-53(68)43-16-13-23-62(57-43)52(67)44(27-35-25-38(36)28-39(63)26-35)56-50(65)48(33(2)3)59(9)51(66)37-20-24-60(31-37)46(64)17-14-22-58(7)8/h12,14-15,17-19,21,25-26,28-29,33-34,37,43-44,48,57,63H,11,13,16,20,22-24,27,30-32H2,1-10H3,(H,56,65)/b17-14+/t34-,37-,43-,44-,48?/m0/s1. The van der Waals surface area contributed by atoms with Crippen LogP contribution in [0.15, 0.2) is 66.9 Å². The number of benzene rings is 2. The Balaban J connectivity index is 1.26. The van der Waals surface area contributed by atoms with Gasteiger partial charge < -0.3 is 39.2 Å². The molecule has 2 aromatic heterocycles. The van der Waals surface area contributed by atoms with E-state index in [4.69, 9.17) is 14.5 Å². The summed E-state index contributed by atoms with van der Waals surface area (Å²) in [6.07, 6.45) is 6.75. The molecule has 70 heavy (non-hydrogen) atoms. The first-order valence-corrected chi connectivity index (χ1v) is 24.7. The Morgan fingerprint density at radius 1 is 1.04 bits per heavy atom. The number of aromatic nitrogens is 2. The van der Waals surface area contributed by atoms with Crippen LogP contribution < -0.4 is 10.7 Å². The lowest BCUT2D eigenvalue weighted by Crippen LogP contribution is -2.62. The molecule has 16 nitrogen and oxygen atoms in total. The van der Waals surface area contributed by atoms with Crippen molar-refractivity contribution >= 4 is 40.5 Å². The average molecular weight is 961 g/mol. The Hall–Kier alpha value is -6.10. The van der Waals surface area contributed by atoms with E-state index in [9.17, 15) is 29.1 Å². The van der Waals surface area contributed by atoms with Crippen LogP contribution >= 0.6 is 0 Å². The first-order valence-electron chi connectivity index (χ1n) is 24.7. The minimum atomic E-state index is -1.17. The zero-order valence-electron chi connectivity index (χ0n) is 42.6. The second kappa shape index (κ2) is 21.9. The Labute approximate surface area is 412 Å². The minimum absolute atomic E-state index is 0.0113. The molecule has 2 aromatic carbocycles. The van der Waals surface area contributed by atoms with Crippen molar-refractivity contribution in [1.82, 2.24) is 40.0 Å². The van der Waals surface area contributed by atoms with Crippen molar-refractivity contribution in [3.05, 3.63) is 83.7 Å². The van der Waals surface area contributed by atoms with Crippen molar-refractivity contribution in [3.8, 4) is 28.1 Å². The Kier molecular flexibility index (Phi) is 16.2. The highest BCUT2D eigenvalue weighted by Crippen LogP contribution is 2.42. The molecular weight excluding hydrogens is 889 g/mol. The summed E-state index contributed by atoms with van der Waals surface area (Å²) in [7, 11) is 7.10. The van der Waals surface area contributed by atoms with E-state index < -0.39 is 47.2 Å². The first-order chi connectivity index (χ1) is 33.3. The van der Waals surface area contributed by atoms with Gasteiger partial charge >= 0.3 is 5.97 Å². The predicted molar refractivity (Wildman–Crippen MR) is 269 cm³/mol. The Morgan fingerprint density at radius 2 is 1.81 bits per heavy atom. The number of esters is 1. The zero-order valence-corrected chi connectivity index (χ0v) is 42.6. The van der Waals surface area contributed by atoms with E-state index in [1.165, 1.54) is 16.0 Å². The fourth-order valence-corrected chi connectivity index (χ4v) is 10.3. The molecule has 376 valence electrons. The van der Waals surface area contributed by atoms with E-state index in [1.54, 1.807) is 43.5 Å². The smallest absolute Gasteiger partial charge is 0.324 e. The summed E-state index contributed by atoms with van der Waals surface area (Å²) < 4.78 is 14.2. The summed E-state index contributed by atoms with van der Waals surface area (Å²) in [5.74, 6) is -2.76. The van der Waals surface area contributed by atoms with Gasteiger partial charge in [0, 0.05) is 87.5 Å². The van der Waals surface area contributed by atoms with E-state index >= 15 is 0 Å². The van der Waals surface area contributed by atoms with Crippen LogP contribution in [0.4, 0.5) is 0 Å². The number of likely N-dealkylation sites (tertiary alicyclic amines) is 1. The lowest BCUT2D eigenvalue weighted by molar-refractivity contribution is -0.155. The Bertz CT molecular complexity index is 2620. The summed E-state index contributed by atoms with van der Waals surface area (Å²) in [6, 6.07) is 12.5. The molecule has 3 aliphatic rings. The number of ether oxygens (including phenoxy) is 2. The van der Waals surface area contributed by atoms with Crippen LogP contribution in [0.5, 0.6) is 5.75 Å². The van der Waals surface area contributed by atoms with E-state index in [0.29, 0.717) is 50.9 Å². The van der Waals surface area contributed by atoms with Gasteiger partial charge in [-0.15, -0.1) is 0 Å². The van der Waals surface area contributed by atoms with E-state index in [-0.39, 0.29) is 55.7 Å². The largest absolute Gasteiger partial charge is 0.508 e. The van der Waals surface area contributed by atoms with Crippen molar-refractivity contribution in [1.29, 1.82) is 0 Å². The Morgan fingerprint density at radius 3 is 2.53 bits per heavy atom. The number of methoxy groups -OCH3 is 1. The molecule has 4 aromatic rings. The highest BCUT2D eigenvalue weighted by Gasteiger charge is 2.40. The SMILES string of the molecule is CCn1c(-c2cccnc2[C@H](C)OC)c2c3cc(ccc31)-c1cc(O)cc(c1)C[C@H](NC(=O)C(C(C)C)N(C)C(=O)[C@H]1CCN(C(=O)/C=C/CN(C)C)C1)C(=O)N1CCC[C@H](N1)C(=O)OCC(C)(C)C2. The van der Waals surface area contributed by atoms with Gasteiger partial charge in [0.15, 0.2) is 0 Å². The van der Waals surface area contributed by atoms with Crippen molar-refractivity contribution in [2.45, 2.75) is 104 Å². The number of fused-ring (bicyclic) bond motifs is 6. The molecule has 16 heteroatoms. The van der Waals surface area contributed by atoms with Crippen LogP contribution in [-0.2, 0) is 52.8 Å². The average Bonchev–Trinajstić information content (AvgIpc) is 3.94. The number of pyridine rings is 1. The number of carbonyl (C=O) groups is 5. The normalized spacial score (nSPS) is 20.7. The van der Waals surface area contributed by atoms with Gasteiger partial charge in [0.25, 0.3) is 5.91 Å². The van der Waals surface area contributed by atoms with Crippen molar-refractivity contribution in [2.75, 3.05) is 61.0 Å². The molecule has 6 bridgehead atoms. The summed E-state index contributed by atoms with van der Waals surface area (Å²) in [6.45, 7) is 14.3. The predicted octanol–water partition coefficient (Wildman–Crippen LogP) is 5.90. The van der Waals surface area contributed by atoms with E-state index in [2.05, 4.69) is 54.3 Å². The maximum absolute atomic E-state index is 14.8. The lowest BCUT2D eigenvalue weighted by Gasteiger charge is -2.37. The lowest BCUT2D eigenvalue weighted by atomic mass is 9.84. The summed E-state index contributed by atoms with van der Waals surface area (Å²) in [4.78, 5) is 80.3. The first kappa shape index (κ1) is 51.7. The van der Waals surface area contributed by atoms with Crippen LogP contribution in [0.25, 0.3) is 33.3 Å². The number of likely N-dealkylation sites (N-methyl/N-ethyl adjacent to an activating group) is 2. The quantitative estimate of drug-likeness (QED) is 0.114. The van der Waals surface area contributed by atoms with Crippen LogP contribution in [-0.4, -0.2) is 143 Å². The van der Waals surface area contributed by atoms with E-state index in [0.717, 1.165) is 44.5 Å². The molecule has 4 amide bonds. The van der Waals surface area contributed by atoms with Crippen molar-refractivity contribution in [2.24, 2.45) is 17.3 Å². The van der Waals surface area contributed by atoms with Crippen molar-refractivity contribution in [3.63, 3.8) is 0 Å². The van der Waals surface area contributed by atoms with Gasteiger partial charge in [0.05, 0.1) is 30.0 Å². The highest BCUT2D eigenvalue weighted by atomic mass is 16.5. The van der Waals surface area contributed by atoms with Gasteiger partial charge in [-0.25, -0.2) is 5.43 Å². The summed E-state index contributed by atoms with van der Waals surface area (Å²) in [5, 5.41) is 16.8. The molecule has 2 fully saturated rings. The molecule has 0 spiro atoms. The summed E-state index contributed by atoms with van der Waals surface area (Å²) in [5.41, 5.74) is 9.54. The molecular formula is C54H72N8O8. The topological polar surface area (TPSA) is 179 Å². The second-order valence-electron chi connectivity index (χ2n) is 20.6. The molecule has 0 radical (unpaired) electrons. The third-order valence-electron chi connectivity index (χ3n) is 13.9. The number of hydrogen-bond acceptors (Lipinski definition) is 11. The number of rotatable bonds is 12. The van der Waals surface area contributed by atoms with Gasteiger partial charge in [-0.1, -0.05) is 45.9 Å². The maximum atomic E-state index is 14.8. The van der Waals surface area contributed by atoms with Gasteiger partial charge in [-0.05, 0) is 118 Å². The fraction of sp³-hybridized carbons (Fsp3) is 0.519. The molecule has 2 saturated heterocycles. The fourth-order valence-electron chi connectivity index (χ4n) is 10.3. The molecule has 5 atom stereocenters. The number of phenols is 1. The number of nitrogens with one attached hydrogen (secondary N) is 2. The van der Waals surface area contributed by atoms with Crippen molar-refractivity contribution < 1.29 is 38.6 Å². The number of hydrazine groups is 1. The maximum Gasteiger partial charge on any atom is 0.324 e. The number of aromatic hydroxyl groups is 1. The number of amides is 4. The molecule has 1 unspecified atom stereocenters. The van der Waals surface area contributed by atoms with Gasteiger partial charge in [0.1, 0.15) is 23.9 Å². The highest BCUT2D eigenvalue weighted by molar-refractivity contribution is 5.96. The number of carbonyl (C=O) groups excluding carboxylic acids is 5. The second-order valence-corrected chi connectivity index (χ2v) is 20.6. The number of hydrogen-bond donors (Lipinski definition) is 3. The molecule has 5 heterocycles. The van der Waals surface area contributed by atoms with Crippen LogP contribution in [0.3, 0.4) is 0 Å². The molecule has 0 saturated carbocycles. The van der Waals surface area contributed by atoms with Gasteiger partial charge in [-0.2, -0.15) is 0 Å². The number of aryl methyl sites for hydroxylation is 1. The zero-order chi connectivity index (χ0) is 50.6. The third kappa shape index (κ3) is 11.4. The van der Waals surface area contributed by atoms with Crippen LogP contribution in [0, 0.1) is 17.3 Å². The minimum Gasteiger partial charge on any atom is -0.508 e. The molecule has 0 aliphatic carbocycles. The van der Waals surface area contributed by atoms with Gasteiger partial charge in [-0.3, -0.25) is 34.0 Å². The number of nitrogens with zero attached hydrogens (tertiary/aromatic N) is 6. The third-order valence-corrected chi connectivity index (χ3v) is 13.9. The van der Waals surface area contributed by atoms with Crippen LogP contribution in [0.2, 0.25) is 0 Å². The molecule has 7 rings (SSSR count). The molecule has 3 N–H and O–H groups in total. The number of cyclic esters (lactones) is 1. The van der Waals surface area contributed by atoms with Crippen LogP contribution in [0.1, 0.15) is 83.7 Å².